The number of nitrogens with one attached hydrogen (secondary N) is 2. The van der Waals surface area contributed by atoms with E-state index in [0.717, 1.165) is 19.0 Å². The molecule has 3 rings (SSSR count). The average molecular weight is 256 g/mol. The quantitative estimate of drug-likeness (QED) is 0.770. The van der Waals surface area contributed by atoms with Crippen LogP contribution in [0, 0.1) is 5.92 Å². The van der Waals surface area contributed by atoms with Crippen LogP contribution >= 0.6 is 0 Å². The molecular weight excluding hydrogens is 232 g/mol. The maximum Gasteiger partial charge on any atom is 0.0457 e. The Bertz CT molecular complexity index is 509. The van der Waals surface area contributed by atoms with Gasteiger partial charge in [-0.15, -0.1) is 0 Å². The monoisotopic (exact) mass is 256 g/mol. The van der Waals surface area contributed by atoms with Crippen LogP contribution in [0.5, 0.6) is 0 Å². The minimum Gasteiger partial charge on any atom is -0.361 e. The van der Waals surface area contributed by atoms with Gasteiger partial charge in [-0.1, -0.05) is 44.2 Å². The van der Waals surface area contributed by atoms with Gasteiger partial charge in [0.2, 0.25) is 0 Å². The highest BCUT2D eigenvalue weighted by Crippen LogP contribution is 2.25. The highest BCUT2D eigenvalue weighted by molar-refractivity contribution is 5.79. The molecule has 0 radical (unpaired) electrons. The minimum absolute atomic E-state index is 0.979. The van der Waals surface area contributed by atoms with Crippen molar-refractivity contribution in [2.24, 2.45) is 5.92 Å². The van der Waals surface area contributed by atoms with Gasteiger partial charge >= 0.3 is 0 Å². The Kier molecular flexibility index (Phi) is 4.19. The van der Waals surface area contributed by atoms with Gasteiger partial charge in [0.1, 0.15) is 0 Å². The van der Waals surface area contributed by atoms with Crippen molar-refractivity contribution < 1.29 is 0 Å². The standard InChI is InChI=1S/C17H24N2/c1-2-4-14(5-3-1)8-10-18-13-15-6-7-16-9-11-19-17(16)12-15/h6-7,9,11-12,14,18-19H,1-5,8,10,13H2. The molecule has 1 heterocycles. The number of H-pyrrole nitrogens is 1. The lowest BCUT2D eigenvalue weighted by Crippen LogP contribution is -2.19. The topological polar surface area (TPSA) is 27.8 Å². The number of aromatic nitrogens is 1. The normalized spacial score (nSPS) is 17.1. The second-order valence-corrected chi connectivity index (χ2v) is 5.87. The Morgan fingerprint density at radius 2 is 2.00 bits per heavy atom. The van der Waals surface area contributed by atoms with Crippen LogP contribution in [-0.2, 0) is 6.54 Å². The molecular formula is C17H24N2. The summed E-state index contributed by atoms with van der Waals surface area (Å²) in [6.07, 6.45) is 10.6. The van der Waals surface area contributed by atoms with Gasteiger partial charge in [0.25, 0.3) is 0 Å². The molecule has 0 aliphatic heterocycles. The molecule has 1 aromatic heterocycles. The summed E-state index contributed by atoms with van der Waals surface area (Å²) in [5.74, 6) is 0.979. The zero-order valence-corrected chi connectivity index (χ0v) is 11.6. The van der Waals surface area contributed by atoms with Crippen LogP contribution in [0.2, 0.25) is 0 Å². The first-order valence-electron chi connectivity index (χ1n) is 7.68. The van der Waals surface area contributed by atoms with E-state index in [1.165, 1.54) is 55.0 Å². The van der Waals surface area contributed by atoms with Gasteiger partial charge in [0, 0.05) is 18.3 Å². The van der Waals surface area contributed by atoms with E-state index in [-0.39, 0.29) is 0 Å². The van der Waals surface area contributed by atoms with E-state index in [0.29, 0.717) is 0 Å². The Morgan fingerprint density at radius 3 is 2.89 bits per heavy atom. The lowest BCUT2D eigenvalue weighted by Gasteiger charge is -2.21. The average Bonchev–Trinajstić information content (AvgIpc) is 2.92. The van der Waals surface area contributed by atoms with Crippen LogP contribution in [0.3, 0.4) is 0 Å². The van der Waals surface area contributed by atoms with E-state index in [2.05, 4.69) is 34.6 Å². The van der Waals surface area contributed by atoms with Gasteiger partial charge in [0.15, 0.2) is 0 Å². The minimum atomic E-state index is 0.979. The summed E-state index contributed by atoms with van der Waals surface area (Å²) < 4.78 is 0. The Morgan fingerprint density at radius 1 is 1.11 bits per heavy atom. The summed E-state index contributed by atoms with van der Waals surface area (Å²) in [5, 5.41) is 4.89. The summed E-state index contributed by atoms with van der Waals surface area (Å²) >= 11 is 0. The third-order valence-corrected chi connectivity index (χ3v) is 4.40. The zero-order chi connectivity index (χ0) is 12.9. The smallest absolute Gasteiger partial charge is 0.0457 e. The molecule has 0 atom stereocenters. The van der Waals surface area contributed by atoms with E-state index in [1.807, 2.05) is 6.20 Å². The van der Waals surface area contributed by atoms with Crippen LogP contribution < -0.4 is 5.32 Å². The van der Waals surface area contributed by atoms with Gasteiger partial charge < -0.3 is 10.3 Å². The molecule has 1 aliphatic rings. The highest BCUT2D eigenvalue weighted by atomic mass is 14.8. The van der Waals surface area contributed by atoms with Crippen molar-refractivity contribution in [3.8, 4) is 0 Å². The van der Waals surface area contributed by atoms with Crippen LogP contribution in [0.4, 0.5) is 0 Å². The number of benzene rings is 1. The molecule has 2 aromatic rings. The van der Waals surface area contributed by atoms with Crippen molar-refractivity contribution in [3.63, 3.8) is 0 Å². The van der Waals surface area contributed by atoms with E-state index in [4.69, 9.17) is 0 Å². The van der Waals surface area contributed by atoms with Gasteiger partial charge in [0.05, 0.1) is 0 Å². The third-order valence-electron chi connectivity index (χ3n) is 4.40. The van der Waals surface area contributed by atoms with E-state index in [9.17, 15) is 0 Å². The van der Waals surface area contributed by atoms with Crippen LogP contribution in [0.25, 0.3) is 10.9 Å². The first-order chi connectivity index (χ1) is 9.42. The molecule has 0 unspecified atom stereocenters. The van der Waals surface area contributed by atoms with Crippen molar-refractivity contribution >= 4 is 10.9 Å². The number of hydrogen-bond donors (Lipinski definition) is 2. The Hall–Kier alpha value is -1.28. The lowest BCUT2D eigenvalue weighted by molar-refractivity contribution is 0.334. The van der Waals surface area contributed by atoms with E-state index < -0.39 is 0 Å². The predicted molar refractivity (Wildman–Crippen MR) is 81.2 cm³/mol. The molecule has 2 N–H and O–H groups in total. The van der Waals surface area contributed by atoms with E-state index >= 15 is 0 Å². The number of aromatic amines is 1. The first kappa shape index (κ1) is 12.7. The van der Waals surface area contributed by atoms with Gasteiger partial charge in [-0.2, -0.15) is 0 Å². The number of rotatable bonds is 5. The highest BCUT2D eigenvalue weighted by Gasteiger charge is 2.12. The summed E-state index contributed by atoms with van der Waals surface area (Å²) in [7, 11) is 0. The number of hydrogen-bond acceptors (Lipinski definition) is 1. The summed E-state index contributed by atoms with van der Waals surface area (Å²) in [4.78, 5) is 3.27. The summed E-state index contributed by atoms with van der Waals surface area (Å²) in [6, 6.07) is 8.80. The molecule has 19 heavy (non-hydrogen) atoms. The second-order valence-electron chi connectivity index (χ2n) is 5.87. The molecule has 1 fully saturated rings. The van der Waals surface area contributed by atoms with Gasteiger partial charge in [-0.25, -0.2) is 0 Å². The summed E-state index contributed by atoms with van der Waals surface area (Å²) in [6.45, 7) is 2.15. The lowest BCUT2D eigenvalue weighted by atomic mass is 9.87. The predicted octanol–water partition coefficient (Wildman–Crippen LogP) is 4.23. The molecule has 0 spiro atoms. The number of fused-ring (bicyclic) bond motifs is 1. The van der Waals surface area contributed by atoms with Crippen molar-refractivity contribution in [1.82, 2.24) is 10.3 Å². The Balaban J connectivity index is 1.43. The van der Waals surface area contributed by atoms with Crippen molar-refractivity contribution in [3.05, 3.63) is 36.0 Å². The zero-order valence-electron chi connectivity index (χ0n) is 11.6. The van der Waals surface area contributed by atoms with E-state index in [1.54, 1.807) is 0 Å². The SMILES string of the molecule is c1cc2ccc(CNCCC3CCCCC3)cc2[nH]1. The maximum atomic E-state index is 3.59. The Labute approximate surface area is 115 Å². The molecule has 1 aliphatic carbocycles. The molecule has 2 heteroatoms. The second kappa shape index (κ2) is 6.25. The molecule has 1 saturated carbocycles. The van der Waals surface area contributed by atoms with Crippen LogP contribution in [-0.4, -0.2) is 11.5 Å². The molecule has 2 nitrogen and oxygen atoms in total. The van der Waals surface area contributed by atoms with Crippen molar-refractivity contribution in [1.29, 1.82) is 0 Å². The maximum absolute atomic E-state index is 3.59. The van der Waals surface area contributed by atoms with Gasteiger partial charge in [-0.3, -0.25) is 0 Å². The van der Waals surface area contributed by atoms with Crippen molar-refractivity contribution in [2.75, 3.05) is 6.54 Å². The van der Waals surface area contributed by atoms with Gasteiger partial charge in [-0.05, 0) is 42.0 Å². The third kappa shape index (κ3) is 3.38. The van der Waals surface area contributed by atoms with Crippen LogP contribution in [0.1, 0.15) is 44.1 Å². The van der Waals surface area contributed by atoms with Crippen molar-refractivity contribution in [2.45, 2.75) is 45.1 Å². The molecule has 0 amide bonds. The molecule has 1 aromatic carbocycles. The fourth-order valence-electron chi connectivity index (χ4n) is 3.22. The largest absolute Gasteiger partial charge is 0.361 e. The fraction of sp³-hybridized carbons (Fsp3) is 0.529. The molecule has 0 bridgehead atoms. The fourth-order valence-corrected chi connectivity index (χ4v) is 3.22. The first-order valence-corrected chi connectivity index (χ1v) is 7.68. The molecule has 0 saturated heterocycles. The summed E-state index contributed by atoms with van der Waals surface area (Å²) in [5.41, 5.74) is 2.62. The molecule has 102 valence electrons. The van der Waals surface area contributed by atoms with Crippen LogP contribution in [0.15, 0.2) is 30.5 Å².